The Balaban J connectivity index is 2.34. The van der Waals surface area contributed by atoms with E-state index < -0.39 is 10.0 Å². The summed E-state index contributed by atoms with van der Waals surface area (Å²) in [6.07, 6.45) is 0. The van der Waals surface area contributed by atoms with Gasteiger partial charge in [-0.05, 0) is 6.55 Å². The van der Waals surface area contributed by atoms with E-state index in [1.54, 1.807) is 0 Å². The van der Waals surface area contributed by atoms with Crippen molar-refractivity contribution in [3.63, 3.8) is 0 Å². The van der Waals surface area contributed by atoms with Gasteiger partial charge >= 0.3 is 0 Å². The van der Waals surface area contributed by atoms with Crippen molar-refractivity contribution < 1.29 is 8.23 Å². The Morgan fingerprint density at radius 2 is 2.33 bits per heavy atom. The molecule has 0 rings (SSSR count). The van der Waals surface area contributed by atoms with Crippen molar-refractivity contribution in [1.29, 1.82) is 0 Å². The Bertz CT molecular complexity index is 20.8. The van der Waals surface area contributed by atoms with Gasteiger partial charge in [0.1, 0.15) is 20.2 Å². The van der Waals surface area contributed by atoms with Crippen molar-refractivity contribution in [2.75, 3.05) is 0 Å². The van der Waals surface area contributed by atoms with Crippen LogP contribution in [-0.4, -0.2) is 30.3 Å². The lowest BCUT2D eigenvalue weighted by molar-refractivity contribution is 0.507. The molecule has 0 aromatic carbocycles. The normalized spacial score (nSPS) is 13.5. The highest BCUT2D eigenvalue weighted by molar-refractivity contribution is 6.42. The minimum absolute atomic E-state index is 0.388. The first-order valence-electron chi connectivity index (χ1n) is 1.77. The monoisotopic (exact) mass is 137 g/mol. The molecule has 0 unspecified atom stereocenters. The zero-order valence-corrected chi connectivity index (χ0v) is 8.77. The summed E-state index contributed by atoms with van der Waals surface area (Å²) in [5.74, 6) is 0. The zero-order valence-electron chi connectivity index (χ0n) is 3.94. The third-order valence-corrected chi connectivity index (χ3v) is 3.11. The zero-order chi connectivity index (χ0) is 4.83. The van der Waals surface area contributed by atoms with Crippen molar-refractivity contribution in [2.24, 2.45) is 0 Å². The van der Waals surface area contributed by atoms with Crippen LogP contribution in [-0.2, 0) is 8.23 Å². The van der Waals surface area contributed by atoms with E-state index in [0.29, 0.717) is 0 Å². The average molecular weight is 137 g/mol. The highest BCUT2D eigenvalue weighted by atomic mass is 28.3. The Labute approximate surface area is 45.8 Å². The molecule has 0 saturated carbocycles. The van der Waals surface area contributed by atoms with Crippen LogP contribution in [0.15, 0.2) is 0 Å². The first kappa shape index (κ1) is 6.57. The van der Waals surface area contributed by atoms with Crippen LogP contribution in [0, 0.1) is 6.55 Å². The molecule has 0 N–H and O–H groups in total. The van der Waals surface area contributed by atoms with Crippen LogP contribution in [0.3, 0.4) is 0 Å². The summed E-state index contributed by atoms with van der Waals surface area (Å²) in [7, 11) is -0.0710. The largest absolute Gasteiger partial charge is 0.449 e. The van der Waals surface area contributed by atoms with Gasteiger partial charge in [-0.1, -0.05) is 0 Å². The van der Waals surface area contributed by atoms with Gasteiger partial charge in [0.15, 0.2) is 0 Å². The van der Waals surface area contributed by atoms with E-state index in [-0.39, 0.29) is 9.76 Å². The fourth-order valence-corrected chi connectivity index (χ4v) is 2.78. The van der Waals surface area contributed by atoms with Crippen LogP contribution in [0.5, 0.6) is 0 Å². The van der Waals surface area contributed by atoms with Gasteiger partial charge in [-0.25, -0.2) is 0 Å². The molecule has 2 nitrogen and oxygen atoms in total. The predicted octanol–water partition coefficient (Wildman–Crippen LogP) is -2.83. The van der Waals surface area contributed by atoms with Crippen molar-refractivity contribution in [3.8, 4) is 0 Å². The molecule has 0 aliphatic heterocycles. The molecule has 0 atom stereocenters. The van der Waals surface area contributed by atoms with Gasteiger partial charge in [-0.2, -0.15) is 0 Å². The fraction of sp³-hybridized carbons (Fsp3) is 0. The third-order valence-electron chi connectivity index (χ3n) is 0.346. The molecule has 1 radical (unpaired) electrons. The molecule has 6 heavy (non-hydrogen) atoms. The Morgan fingerprint density at radius 3 is 2.50 bits per heavy atom. The smallest absolute Gasteiger partial charge is 0.282 e. The second-order valence-electron chi connectivity index (χ2n) is 0.815. The quantitative estimate of drug-likeness (QED) is 0.308. The second kappa shape index (κ2) is 5.57. The van der Waals surface area contributed by atoms with Crippen molar-refractivity contribution >= 4 is 30.3 Å². The van der Waals surface area contributed by atoms with E-state index in [4.69, 9.17) is 8.23 Å². The van der Waals surface area contributed by atoms with Gasteiger partial charge in [0.2, 0.25) is 0 Å². The van der Waals surface area contributed by atoms with E-state index in [1.807, 2.05) is 0 Å². The first-order valence-corrected chi connectivity index (χ1v) is 5.32. The third kappa shape index (κ3) is 4.57. The lowest BCUT2D eigenvalue weighted by Crippen LogP contribution is -2.03. The van der Waals surface area contributed by atoms with Crippen molar-refractivity contribution in [3.05, 3.63) is 6.55 Å². The van der Waals surface area contributed by atoms with Crippen LogP contribution >= 0.6 is 0 Å². The van der Waals surface area contributed by atoms with Crippen molar-refractivity contribution in [2.45, 2.75) is 0 Å². The molecule has 5 heteroatoms. The summed E-state index contributed by atoms with van der Waals surface area (Å²) in [5.41, 5.74) is 0. The maximum Gasteiger partial charge on any atom is 0.282 e. The van der Waals surface area contributed by atoms with Crippen LogP contribution in [0.2, 0.25) is 0 Å². The van der Waals surface area contributed by atoms with Gasteiger partial charge < -0.3 is 8.23 Å². The van der Waals surface area contributed by atoms with Crippen LogP contribution in [0.4, 0.5) is 0 Å². The molecule has 0 aliphatic rings. The molecule has 0 aromatic rings. The maximum absolute atomic E-state index is 4.96. The van der Waals surface area contributed by atoms with Crippen molar-refractivity contribution in [1.82, 2.24) is 0 Å². The molecule has 0 saturated heterocycles. The van der Waals surface area contributed by atoms with E-state index in [2.05, 4.69) is 6.55 Å². The minimum atomic E-state index is -0.517. The van der Waals surface area contributed by atoms with Gasteiger partial charge in [0, 0.05) is 0 Å². The summed E-state index contributed by atoms with van der Waals surface area (Å²) in [6.45, 7) is 3.61. The topological polar surface area (TPSA) is 18.5 Å². The van der Waals surface area contributed by atoms with Gasteiger partial charge in [0.05, 0.1) is 0 Å². The molecule has 0 spiro atoms. The first-order chi connectivity index (χ1) is 2.91. The Hall–Kier alpha value is 0.571. The number of rotatable bonds is 3. The molecule has 0 heterocycles. The van der Waals surface area contributed by atoms with Gasteiger partial charge in [0.25, 0.3) is 10.0 Å². The summed E-state index contributed by atoms with van der Waals surface area (Å²) >= 11 is 0. The predicted molar refractivity (Wildman–Crippen MR) is 34.6 cm³/mol. The molecular formula is CH9O2Si3. The molecule has 0 bridgehead atoms. The SMILES string of the molecule is [CH2][SiH2]O[SiH2]O[SiH3]. The van der Waals surface area contributed by atoms with E-state index in [0.717, 1.165) is 10.5 Å². The van der Waals surface area contributed by atoms with E-state index in [1.165, 1.54) is 0 Å². The Kier molecular flexibility index (Phi) is 6.10. The van der Waals surface area contributed by atoms with E-state index in [9.17, 15) is 0 Å². The molecule has 37 valence electrons. The minimum Gasteiger partial charge on any atom is -0.449 e. The van der Waals surface area contributed by atoms with E-state index >= 15 is 0 Å². The molecule has 0 aliphatic carbocycles. The second-order valence-corrected chi connectivity index (χ2v) is 5.40. The molecular weight excluding hydrogens is 128 g/mol. The average Bonchev–Trinajstić information content (AvgIpc) is 1.61. The fourth-order valence-electron chi connectivity index (χ4n) is 0.142. The van der Waals surface area contributed by atoms with Gasteiger partial charge in [-0.3, -0.25) is 0 Å². The standard InChI is InChI=1S/CH9O2Si3/c1-5-3-6-2-4/h1,5-6H2,4H3. The summed E-state index contributed by atoms with van der Waals surface area (Å²) in [4.78, 5) is 0. The van der Waals surface area contributed by atoms with Gasteiger partial charge in [-0.15, -0.1) is 0 Å². The van der Waals surface area contributed by atoms with Crippen LogP contribution < -0.4 is 0 Å². The van der Waals surface area contributed by atoms with Crippen LogP contribution in [0.25, 0.3) is 0 Å². The maximum atomic E-state index is 4.96. The summed E-state index contributed by atoms with van der Waals surface area (Å²) in [5, 5.41) is 0. The molecule has 0 fully saturated rings. The lowest BCUT2D eigenvalue weighted by Gasteiger charge is -1.93. The molecule has 0 aromatic heterocycles. The lowest BCUT2D eigenvalue weighted by atomic mass is 11.9. The van der Waals surface area contributed by atoms with Crippen LogP contribution in [0.1, 0.15) is 0 Å². The highest BCUT2D eigenvalue weighted by Crippen LogP contribution is 1.60. The highest BCUT2D eigenvalue weighted by Gasteiger charge is 1.74. The number of hydrogen-bond donors (Lipinski definition) is 0. The number of hydrogen-bond acceptors (Lipinski definition) is 2. The summed E-state index contributed by atoms with van der Waals surface area (Å²) in [6, 6.07) is 0. The summed E-state index contributed by atoms with van der Waals surface area (Å²) < 4.78 is 9.79. The Morgan fingerprint density at radius 1 is 1.67 bits per heavy atom. The molecule has 0 amide bonds.